The van der Waals surface area contributed by atoms with E-state index < -0.39 is 23.2 Å². The lowest BCUT2D eigenvalue weighted by atomic mass is 10.1. The molecule has 0 aromatic carbocycles. The molecule has 1 aliphatic rings. The Labute approximate surface area is 113 Å². The van der Waals surface area contributed by atoms with E-state index >= 15 is 0 Å². The fraction of sp³-hybridized carbons (Fsp3) is 0.769. The monoisotopic (exact) mass is 270 g/mol. The summed E-state index contributed by atoms with van der Waals surface area (Å²) in [6.07, 6.45) is 0. The lowest BCUT2D eigenvalue weighted by molar-refractivity contribution is -0.142. The predicted octanol–water partition coefficient (Wildman–Crippen LogP) is 0.328. The van der Waals surface area contributed by atoms with Crippen LogP contribution in [0.4, 0.5) is 0 Å². The minimum Gasteiger partial charge on any atom is -0.481 e. The molecule has 2 amide bonds. The molecular weight excluding hydrogens is 248 g/mol. The Morgan fingerprint density at radius 3 is 2.16 bits per heavy atom. The predicted molar refractivity (Wildman–Crippen MR) is 69.3 cm³/mol. The van der Waals surface area contributed by atoms with Gasteiger partial charge in [-0.05, 0) is 19.3 Å². The molecule has 6 heteroatoms. The van der Waals surface area contributed by atoms with E-state index in [-0.39, 0.29) is 18.4 Å². The largest absolute Gasteiger partial charge is 0.481 e. The Morgan fingerprint density at radius 1 is 1.21 bits per heavy atom. The second kappa shape index (κ2) is 5.59. The average molecular weight is 270 g/mol. The Kier molecular flexibility index (Phi) is 4.55. The van der Waals surface area contributed by atoms with E-state index in [2.05, 4.69) is 5.32 Å². The third-order valence-corrected chi connectivity index (χ3v) is 3.76. The summed E-state index contributed by atoms with van der Waals surface area (Å²) in [5.41, 5.74) is -0.530. The van der Waals surface area contributed by atoms with Crippen molar-refractivity contribution in [3.8, 4) is 0 Å². The van der Waals surface area contributed by atoms with Crippen LogP contribution in [0.3, 0.4) is 0 Å². The van der Waals surface area contributed by atoms with Gasteiger partial charge in [0.25, 0.3) is 0 Å². The first-order valence-electron chi connectivity index (χ1n) is 6.55. The van der Waals surface area contributed by atoms with Gasteiger partial charge in [0.05, 0.1) is 18.4 Å². The summed E-state index contributed by atoms with van der Waals surface area (Å²) in [4.78, 5) is 36.3. The van der Waals surface area contributed by atoms with Gasteiger partial charge in [-0.3, -0.25) is 14.4 Å². The molecule has 1 rings (SSSR count). The average Bonchev–Trinajstić information content (AvgIpc) is 2.89. The number of carboxylic acids is 1. The maximum Gasteiger partial charge on any atom is 0.307 e. The van der Waals surface area contributed by atoms with Gasteiger partial charge in [0.1, 0.15) is 0 Å². The van der Waals surface area contributed by atoms with Gasteiger partial charge in [-0.1, -0.05) is 13.8 Å². The molecule has 2 N–H and O–H groups in total. The lowest BCUT2D eigenvalue weighted by Crippen LogP contribution is -2.42. The number of carbonyl (C=O) groups is 3. The first kappa shape index (κ1) is 15.5. The van der Waals surface area contributed by atoms with E-state index in [0.29, 0.717) is 13.1 Å². The summed E-state index contributed by atoms with van der Waals surface area (Å²) in [7, 11) is 0. The van der Waals surface area contributed by atoms with Crippen LogP contribution in [-0.2, 0) is 14.4 Å². The fourth-order valence-corrected chi connectivity index (χ4v) is 2.53. The molecule has 6 nitrogen and oxygen atoms in total. The summed E-state index contributed by atoms with van der Waals surface area (Å²) in [6, 6.07) is 0. The number of carboxylic acid groups (broad SMARTS) is 1. The zero-order chi connectivity index (χ0) is 14.8. The van der Waals surface area contributed by atoms with Crippen LogP contribution in [0, 0.1) is 17.3 Å². The van der Waals surface area contributed by atoms with E-state index in [1.807, 2.05) is 0 Å². The van der Waals surface area contributed by atoms with E-state index in [1.165, 1.54) is 4.90 Å². The highest BCUT2D eigenvalue weighted by Crippen LogP contribution is 2.58. The maximum atomic E-state index is 12.3. The highest BCUT2D eigenvalue weighted by atomic mass is 16.4. The molecule has 0 spiro atoms. The van der Waals surface area contributed by atoms with Gasteiger partial charge in [-0.15, -0.1) is 0 Å². The fourth-order valence-electron chi connectivity index (χ4n) is 2.53. The van der Waals surface area contributed by atoms with Crippen LogP contribution >= 0.6 is 0 Å². The molecule has 1 aliphatic carbocycles. The molecule has 1 saturated carbocycles. The van der Waals surface area contributed by atoms with Gasteiger partial charge in [0.15, 0.2) is 0 Å². The number of carbonyl (C=O) groups excluding carboxylic acids is 2. The van der Waals surface area contributed by atoms with Crippen LogP contribution in [0.25, 0.3) is 0 Å². The van der Waals surface area contributed by atoms with Crippen molar-refractivity contribution in [2.45, 2.75) is 27.7 Å². The molecule has 0 heterocycles. The van der Waals surface area contributed by atoms with E-state index in [9.17, 15) is 14.4 Å². The Morgan fingerprint density at radius 2 is 1.79 bits per heavy atom. The van der Waals surface area contributed by atoms with Crippen LogP contribution in [0.5, 0.6) is 0 Å². The molecule has 0 aromatic rings. The third-order valence-electron chi connectivity index (χ3n) is 3.76. The first-order valence-corrected chi connectivity index (χ1v) is 6.55. The topological polar surface area (TPSA) is 86.7 Å². The van der Waals surface area contributed by atoms with Gasteiger partial charge in [-0.25, -0.2) is 0 Å². The number of aliphatic carboxylic acids is 1. The molecule has 2 atom stereocenters. The van der Waals surface area contributed by atoms with Gasteiger partial charge in [-0.2, -0.15) is 0 Å². The molecule has 19 heavy (non-hydrogen) atoms. The van der Waals surface area contributed by atoms with Crippen molar-refractivity contribution in [1.82, 2.24) is 10.2 Å². The summed E-state index contributed by atoms with van der Waals surface area (Å²) in [5, 5.41) is 11.7. The standard InChI is InChI=1S/C13H22N2O4/c1-5-14-8(16)7-15(6-2)11(17)9-10(12(18)19)13(9,3)4/h9-10H,5-7H2,1-4H3,(H,14,16)(H,18,19)/t9-,10+/m1/s1. The van der Waals surface area contributed by atoms with Gasteiger partial charge in [0.2, 0.25) is 11.8 Å². The number of nitrogens with zero attached hydrogens (tertiary/aromatic N) is 1. The minimum absolute atomic E-state index is 0.0118. The van der Waals surface area contributed by atoms with E-state index in [1.54, 1.807) is 27.7 Å². The molecule has 1 fully saturated rings. The van der Waals surface area contributed by atoms with Crippen LogP contribution in [0.15, 0.2) is 0 Å². The number of likely N-dealkylation sites (N-methyl/N-ethyl adjacent to an activating group) is 2. The normalized spacial score (nSPS) is 23.6. The van der Waals surface area contributed by atoms with Crippen molar-refractivity contribution >= 4 is 17.8 Å². The van der Waals surface area contributed by atoms with E-state index in [4.69, 9.17) is 5.11 Å². The molecule has 0 radical (unpaired) electrons. The number of hydrogen-bond acceptors (Lipinski definition) is 3. The van der Waals surface area contributed by atoms with E-state index in [0.717, 1.165) is 0 Å². The smallest absolute Gasteiger partial charge is 0.307 e. The number of hydrogen-bond donors (Lipinski definition) is 2. The highest BCUT2D eigenvalue weighted by molar-refractivity contribution is 5.93. The molecule has 0 bridgehead atoms. The quantitative estimate of drug-likeness (QED) is 0.728. The molecule has 108 valence electrons. The molecular formula is C13H22N2O4. The van der Waals surface area contributed by atoms with Crippen LogP contribution in [0.1, 0.15) is 27.7 Å². The van der Waals surface area contributed by atoms with Crippen molar-refractivity contribution in [3.63, 3.8) is 0 Å². The first-order chi connectivity index (χ1) is 8.77. The SMILES string of the molecule is CCNC(=O)CN(CC)C(=O)[C@H]1[C@@H](C(=O)O)C1(C)C. The van der Waals surface area contributed by atoms with Gasteiger partial charge >= 0.3 is 5.97 Å². The van der Waals surface area contributed by atoms with Crippen molar-refractivity contribution in [3.05, 3.63) is 0 Å². The molecule has 0 unspecified atom stereocenters. The Bertz CT molecular complexity index is 392. The molecule has 0 aliphatic heterocycles. The van der Waals surface area contributed by atoms with Gasteiger partial charge in [0, 0.05) is 13.1 Å². The van der Waals surface area contributed by atoms with Crippen LogP contribution in [-0.4, -0.2) is 47.4 Å². The van der Waals surface area contributed by atoms with Crippen molar-refractivity contribution < 1.29 is 19.5 Å². The summed E-state index contributed by atoms with van der Waals surface area (Å²) in [6.45, 7) is 8.03. The van der Waals surface area contributed by atoms with Gasteiger partial charge < -0.3 is 15.3 Å². The molecule has 0 saturated heterocycles. The highest BCUT2D eigenvalue weighted by Gasteiger charge is 2.66. The zero-order valence-corrected chi connectivity index (χ0v) is 11.9. The summed E-state index contributed by atoms with van der Waals surface area (Å²) in [5.74, 6) is -2.59. The number of nitrogens with one attached hydrogen (secondary N) is 1. The Balaban J connectivity index is 2.70. The second-order valence-corrected chi connectivity index (χ2v) is 5.42. The molecule has 0 aromatic heterocycles. The Hall–Kier alpha value is -1.59. The summed E-state index contributed by atoms with van der Waals surface area (Å²) >= 11 is 0. The number of amides is 2. The summed E-state index contributed by atoms with van der Waals surface area (Å²) < 4.78 is 0. The third kappa shape index (κ3) is 3.05. The minimum atomic E-state index is -0.947. The van der Waals surface area contributed by atoms with Crippen LogP contribution < -0.4 is 5.32 Å². The number of rotatable bonds is 6. The van der Waals surface area contributed by atoms with Crippen molar-refractivity contribution in [2.75, 3.05) is 19.6 Å². The zero-order valence-electron chi connectivity index (χ0n) is 11.9. The van der Waals surface area contributed by atoms with Crippen molar-refractivity contribution in [1.29, 1.82) is 0 Å². The van der Waals surface area contributed by atoms with Crippen molar-refractivity contribution in [2.24, 2.45) is 17.3 Å². The maximum absolute atomic E-state index is 12.3. The second-order valence-electron chi connectivity index (χ2n) is 5.42. The van der Waals surface area contributed by atoms with Crippen LogP contribution in [0.2, 0.25) is 0 Å². The lowest BCUT2D eigenvalue weighted by Gasteiger charge is -2.21.